The SMILES string of the molecule is Cc1ccccc1C(O)CNC(=O)c1ccc(-c2ccco2)nc1C. The van der Waals surface area contributed by atoms with Crippen LogP contribution >= 0.6 is 0 Å². The molecule has 1 atom stereocenters. The molecule has 0 bridgehead atoms. The zero-order chi connectivity index (χ0) is 17.8. The van der Waals surface area contributed by atoms with Crippen molar-refractivity contribution in [2.24, 2.45) is 0 Å². The molecule has 5 heteroatoms. The Bertz CT molecular complexity index is 872. The van der Waals surface area contributed by atoms with Gasteiger partial charge in [0.05, 0.1) is 23.6 Å². The second kappa shape index (κ2) is 7.32. The number of aromatic nitrogens is 1. The van der Waals surface area contributed by atoms with Crippen LogP contribution in [0.1, 0.15) is 33.3 Å². The number of aliphatic hydroxyl groups is 1. The summed E-state index contributed by atoms with van der Waals surface area (Å²) in [4.78, 5) is 16.8. The summed E-state index contributed by atoms with van der Waals surface area (Å²) in [5, 5.41) is 13.1. The number of aliphatic hydroxyl groups excluding tert-OH is 1. The molecule has 0 aliphatic carbocycles. The van der Waals surface area contributed by atoms with Crippen molar-refractivity contribution in [2.45, 2.75) is 20.0 Å². The van der Waals surface area contributed by atoms with Gasteiger partial charge in [-0.15, -0.1) is 0 Å². The van der Waals surface area contributed by atoms with Crippen molar-refractivity contribution in [1.29, 1.82) is 0 Å². The predicted octanol–water partition coefficient (Wildman–Crippen LogP) is 3.42. The molecule has 1 unspecified atom stereocenters. The van der Waals surface area contributed by atoms with Crippen LogP contribution in [-0.4, -0.2) is 22.5 Å². The summed E-state index contributed by atoms with van der Waals surface area (Å²) in [5.74, 6) is 0.397. The number of hydrogen-bond acceptors (Lipinski definition) is 4. The summed E-state index contributed by atoms with van der Waals surface area (Å²) in [6.45, 7) is 3.85. The molecule has 0 radical (unpaired) electrons. The predicted molar refractivity (Wildman–Crippen MR) is 95.1 cm³/mol. The molecule has 1 amide bonds. The zero-order valence-electron chi connectivity index (χ0n) is 14.2. The number of pyridine rings is 1. The first-order chi connectivity index (χ1) is 12.1. The molecule has 0 aliphatic rings. The Morgan fingerprint density at radius 3 is 2.64 bits per heavy atom. The van der Waals surface area contributed by atoms with Crippen LogP contribution in [0, 0.1) is 13.8 Å². The zero-order valence-corrected chi connectivity index (χ0v) is 14.2. The van der Waals surface area contributed by atoms with Gasteiger partial charge in [0.25, 0.3) is 5.91 Å². The molecule has 5 nitrogen and oxygen atoms in total. The third-order valence-corrected chi connectivity index (χ3v) is 4.11. The van der Waals surface area contributed by atoms with E-state index in [1.807, 2.05) is 37.3 Å². The van der Waals surface area contributed by atoms with E-state index >= 15 is 0 Å². The van der Waals surface area contributed by atoms with Crippen molar-refractivity contribution < 1.29 is 14.3 Å². The molecule has 2 aromatic heterocycles. The number of benzene rings is 1. The first-order valence-electron chi connectivity index (χ1n) is 8.09. The van der Waals surface area contributed by atoms with Crippen LogP contribution in [0.3, 0.4) is 0 Å². The van der Waals surface area contributed by atoms with E-state index in [2.05, 4.69) is 10.3 Å². The van der Waals surface area contributed by atoms with Crippen molar-refractivity contribution in [3.8, 4) is 11.5 Å². The molecule has 2 N–H and O–H groups in total. The highest BCUT2D eigenvalue weighted by Gasteiger charge is 2.15. The van der Waals surface area contributed by atoms with E-state index in [0.717, 1.165) is 11.1 Å². The molecular weight excluding hydrogens is 316 g/mol. The van der Waals surface area contributed by atoms with Crippen molar-refractivity contribution in [1.82, 2.24) is 10.3 Å². The molecule has 3 aromatic rings. The number of furan rings is 1. The highest BCUT2D eigenvalue weighted by Crippen LogP contribution is 2.20. The Balaban J connectivity index is 1.68. The van der Waals surface area contributed by atoms with Crippen LogP contribution < -0.4 is 5.32 Å². The van der Waals surface area contributed by atoms with Crippen molar-refractivity contribution in [3.63, 3.8) is 0 Å². The van der Waals surface area contributed by atoms with E-state index in [-0.39, 0.29) is 12.5 Å². The van der Waals surface area contributed by atoms with Gasteiger partial charge in [-0.25, -0.2) is 4.98 Å². The molecule has 0 spiro atoms. The number of hydrogen-bond donors (Lipinski definition) is 2. The van der Waals surface area contributed by atoms with Gasteiger partial charge in [0.2, 0.25) is 0 Å². The Hall–Kier alpha value is -2.92. The van der Waals surface area contributed by atoms with Gasteiger partial charge in [-0.3, -0.25) is 4.79 Å². The highest BCUT2D eigenvalue weighted by atomic mass is 16.3. The average molecular weight is 336 g/mol. The average Bonchev–Trinajstić information content (AvgIpc) is 3.14. The second-order valence-electron chi connectivity index (χ2n) is 5.89. The van der Waals surface area contributed by atoms with Gasteiger partial charge in [-0.1, -0.05) is 24.3 Å². The molecule has 1 aromatic carbocycles. The fourth-order valence-electron chi connectivity index (χ4n) is 2.72. The van der Waals surface area contributed by atoms with Crippen molar-refractivity contribution >= 4 is 5.91 Å². The lowest BCUT2D eigenvalue weighted by molar-refractivity contribution is 0.0915. The molecule has 128 valence electrons. The van der Waals surface area contributed by atoms with E-state index < -0.39 is 6.10 Å². The number of nitrogens with zero attached hydrogens (tertiary/aromatic N) is 1. The van der Waals surface area contributed by atoms with E-state index in [0.29, 0.717) is 22.7 Å². The number of aryl methyl sites for hydroxylation is 2. The Morgan fingerprint density at radius 2 is 1.96 bits per heavy atom. The van der Waals surface area contributed by atoms with Crippen LogP contribution in [0.15, 0.2) is 59.2 Å². The maximum atomic E-state index is 12.4. The molecule has 0 fully saturated rings. The van der Waals surface area contributed by atoms with Gasteiger partial charge in [0.15, 0.2) is 5.76 Å². The summed E-state index contributed by atoms with van der Waals surface area (Å²) >= 11 is 0. The first kappa shape index (κ1) is 16.9. The number of carbonyl (C=O) groups is 1. The van der Waals surface area contributed by atoms with Crippen LogP contribution in [0.5, 0.6) is 0 Å². The summed E-state index contributed by atoms with van der Waals surface area (Å²) in [6, 6.07) is 14.7. The van der Waals surface area contributed by atoms with Gasteiger partial charge in [-0.2, -0.15) is 0 Å². The minimum Gasteiger partial charge on any atom is -0.463 e. The molecule has 0 saturated carbocycles. The minimum atomic E-state index is -0.749. The lowest BCUT2D eigenvalue weighted by atomic mass is 10.0. The minimum absolute atomic E-state index is 0.142. The lowest BCUT2D eigenvalue weighted by Crippen LogP contribution is -2.29. The van der Waals surface area contributed by atoms with Crippen molar-refractivity contribution in [3.05, 3.63) is 77.2 Å². The van der Waals surface area contributed by atoms with E-state index in [4.69, 9.17) is 4.42 Å². The fraction of sp³-hybridized carbons (Fsp3) is 0.200. The lowest BCUT2D eigenvalue weighted by Gasteiger charge is -2.15. The Kier molecular flexibility index (Phi) is 4.95. The molecule has 25 heavy (non-hydrogen) atoms. The molecular formula is C20H20N2O3. The van der Waals surface area contributed by atoms with Gasteiger partial charge in [-0.05, 0) is 49.2 Å². The molecule has 0 saturated heterocycles. The molecule has 3 rings (SSSR count). The number of carbonyl (C=O) groups excluding carboxylic acids is 1. The van der Waals surface area contributed by atoms with Gasteiger partial charge in [0.1, 0.15) is 5.69 Å². The van der Waals surface area contributed by atoms with Crippen molar-refractivity contribution in [2.75, 3.05) is 6.54 Å². The van der Waals surface area contributed by atoms with E-state index in [1.54, 1.807) is 31.4 Å². The Morgan fingerprint density at radius 1 is 1.16 bits per heavy atom. The van der Waals surface area contributed by atoms with Gasteiger partial charge < -0.3 is 14.8 Å². The topological polar surface area (TPSA) is 75.4 Å². The van der Waals surface area contributed by atoms with Crippen LogP contribution in [0.25, 0.3) is 11.5 Å². The standard InChI is InChI=1S/C20H20N2O3/c1-13-6-3-4-7-15(13)18(23)12-21-20(24)16-9-10-17(22-14(16)2)19-8-5-11-25-19/h3-11,18,23H,12H2,1-2H3,(H,21,24). The maximum Gasteiger partial charge on any atom is 0.253 e. The van der Waals surface area contributed by atoms with Crippen LogP contribution in [0.2, 0.25) is 0 Å². The highest BCUT2D eigenvalue weighted by molar-refractivity contribution is 5.95. The summed E-state index contributed by atoms with van der Waals surface area (Å²) in [5.41, 5.74) is 3.57. The third kappa shape index (κ3) is 3.78. The largest absolute Gasteiger partial charge is 0.463 e. The fourth-order valence-corrected chi connectivity index (χ4v) is 2.72. The monoisotopic (exact) mass is 336 g/mol. The normalized spacial score (nSPS) is 12.0. The third-order valence-electron chi connectivity index (χ3n) is 4.11. The smallest absolute Gasteiger partial charge is 0.253 e. The summed E-state index contributed by atoms with van der Waals surface area (Å²) < 4.78 is 5.32. The van der Waals surface area contributed by atoms with Crippen LogP contribution in [0.4, 0.5) is 0 Å². The second-order valence-corrected chi connectivity index (χ2v) is 5.89. The number of nitrogens with one attached hydrogen (secondary N) is 1. The van der Waals surface area contributed by atoms with E-state index in [1.165, 1.54) is 0 Å². The van der Waals surface area contributed by atoms with Crippen LogP contribution in [-0.2, 0) is 0 Å². The Labute approximate surface area is 146 Å². The number of amides is 1. The van der Waals surface area contributed by atoms with E-state index in [9.17, 15) is 9.90 Å². The molecule has 2 heterocycles. The number of rotatable bonds is 5. The molecule has 0 aliphatic heterocycles. The summed E-state index contributed by atoms with van der Waals surface area (Å²) in [7, 11) is 0. The summed E-state index contributed by atoms with van der Waals surface area (Å²) in [6.07, 6.45) is 0.834. The van der Waals surface area contributed by atoms with Gasteiger partial charge in [0, 0.05) is 6.54 Å². The maximum absolute atomic E-state index is 12.4. The first-order valence-corrected chi connectivity index (χ1v) is 8.09. The van der Waals surface area contributed by atoms with Gasteiger partial charge >= 0.3 is 0 Å². The quantitative estimate of drug-likeness (QED) is 0.748.